The van der Waals surface area contributed by atoms with Crippen LogP contribution in [0.5, 0.6) is 11.5 Å². The predicted octanol–water partition coefficient (Wildman–Crippen LogP) is 6.14. The molecule has 0 saturated heterocycles. The van der Waals surface area contributed by atoms with Crippen molar-refractivity contribution in [3.05, 3.63) is 57.8 Å². The molecular weight excluding hydrogens is 376 g/mol. The van der Waals surface area contributed by atoms with Gasteiger partial charge in [-0.25, -0.2) is 4.39 Å². The van der Waals surface area contributed by atoms with Crippen LogP contribution in [0.2, 0.25) is 0 Å². The molecule has 0 heterocycles. The van der Waals surface area contributed by atoms with Crippen LogP contribution in [0, 0.1) is 5.82 Å². The Morgan fingerprint density at radius 2 is 1.71 bits per heavy atom. The number of ether oxygens (including phenoxy) is 1. The normalized spacial score (nSPS) is 11.5. The van der Waals surface area contributed by atoms with E-state index in [0.29, 0.717) is 10.0 Å². The lowest BCUT2D eigenvalue weighted by atomic mass is 10.1. The molecule has 7 heteroatoms. The average Bonchev–Trinajstić information content (AvgIpc) is 2.41. The molecular formula is C14H8BrClF4O. The van der Waals surface area contributed by atoms with Gasteiger partial charge >= 0.3 is 6.18 Å². The van der Waals surface area contributed by atoms with Gasteiger partial charge in [0.1, 0.15) is 5.75 Å². The molecule has 0 aliphatic heterocycles. The van der Waals surface area contributed by atoms with E-state index in [1.54, 1.807) is 0 Å². The molecule has 21 heavy (non-hydrogen) atoms. The number of hydrogen-bond donors (Lipinski definition) is 0. The molecule has 0 radical (unpaired) electrons. The minimum absolute atomic E-state index is 0.0595. The van der Waals surface area contributed by atoms with Crippen LogP contribution < -0.4 is 4.74 Å². The second kappa shape index (κ2) is 6.23. The van der Waals surface area contributed by atoms with E-state index < -0.39 is 23.3 Å². The van der Waals surface area contributed by atoms with E-state index in [4.69, 9.17) is 16.3 Å². The van der Waals surface area contributed by atoms with Crippen molar-refractivity contribution in [2.45, 2.75) is 12.1 Å². The molecule has 0 N–H and O–H groups in total. The highest BCUT2D eigenvalue weighted by molar-refractivity contribution is 9.10. The average molecular weight is 384 g/mol. The standard InChI is InChI=1S/C14H8BrClF4O/c15-9-2-4-13(11(17)6-9)21-12-3-1-8(7-16)5-10(12)14(18,19)20/h1-6H,7H2. The van der Waals surface area contributed by atoms with Gasteiger partial charge in [-0.15, -0.1) is 11.6 Å². The minimum Gasteiger partial charge on any atom is -0.454 e. The topological polar surface area (TPSA) is 9.23 Å². The molecule has 0 saturated carbocycles. The van der Waals surface area contributed by atoms with Gasteiger partial charge in [0.15, 0.2) is 11.6 Å². The molecule has 0 amide bonds. The van der Waals surface area contributed by atoms with Crippen LogP contribution in [-0.4, -0.2) is 0 Å². The van der Waals surface area contributed by atoms with Crippen molar-refractivity contribution in [2.24, 2.45) is 0 Å². The van der Waals surface area contributed by atoms with Gasteiger partial charge in [0.25, 0.3) is 0 Å². The van der Waals surface area contributed by atoms with Crippen LogP contribution >= 0.6 is 27.5 Å². The first kappa shape index (κ1) is 16.1. The van der Waals surface area contributed by atoms with Gasteiger partial charge in [-0.3, -0.25) is 0 Å². The lowest BCUT2D eigenvalue weighted by Crippen LogP contribution is -2.08. The Morgan fingerprint density at radius 1 is 1.05 bits per heavy atom. The Morgan fingerprint density at radius 3 is 2.29 bits per heavy atom. The smallest absolute Gasteiger partial charge is 0.419 e. The molecule has 2 rings (SSSR count). The highest BCUT2D eigenvalue weighted by Gasteiger charge is 2.35. The van der Waals surface area contributed by atoms with Gasteiger partial charge < -0.3 is 4.74 Å². The van der Waals surface area contributed by atoms with E-state index in [1.807, 2.05) is 0 Å². The summed E-state index contributed by atoms with van der Waals surface area (Å²) in [5.41, 5.74) is -0.699. The molecule has 0 unspecified atom stereocenters. The van der Waals surface area contributed by atoms with Gasteiger partial charge in [-0.1, -0.05) is 22.0 Å². The first-order chi connectivity index (χ1) is 9.81. The lowest BCUT2D eigenvalue weighted by molar-refractivity contribution is -0.138. The van der Waals surface area contributed by atoms with Gasteiger partial charge in [-0.2, -0.15) is 13.2 Å². The summed E-state index contributed by atoms with van der Waals surface area (Å²) in [5, 5.41) is 0. The Kier molecular flexibility index (Phi) is 4.78. The molecule has 2 aromatic rings. The van der Waals surface area contributed by atoms with E-state index in [0.717, 1.165) is 18.2 Å². The van der Waals surface area contributed by atoms with E-state index >= 15 is 0 Å². The number of alkyl halides is 4. The monoisotopic (exact) mass is 382 g/mol. The van der Waals surface area contributed by atoms with Crippen LogP contribution in [0.15, 0.2) is 40.9 Å². The molecule has 1 nitrogen and oxygen atoms in total. The molecule has 2 aromatic carbocycles. The predicted molar refractivity (Wildman–Crippen MR) is 75.2 cm³/mol. The van der Waals surface area contributed by atoms with E-state index in [2.05, 4.69) is 15.9 Å². The first-order valence-corrected chi connectivity index (χ1v) is 7.03. The SMILES string of the molecule is Fc1cc(Br)ccc1Oc1ccc(CCl)cc1C(F)(F)F. The zero-order valence-electron chi connectivity index (χ0n) is 10.3. The van der Waals surface area contributed by atoms with E-state index in [1.165, 1.54) is 18.2 Å². The number of halogens is 6. The quantitative estimate of drug-likeness (QED) is 0.457. The summed E-state index contributed by atoms with van der Waals surface area (Å²) in [4.78, 5) is 0. The van der Waals surface area contributed by atoms with Crippen LogP contribution in [0.4, 0.5) is 17.6 Å². The third-order valence-electron chi connectivity index (χ3n) is 2.62. The Bertz CT molecular complexity index is 658. The molecule has 0 fully saturated rings. The van der Waals surface area contributed by atoms with E-state index in [-0.39, 0.29) is 11.6 Å². The van der Waals surface area contributed by atoms with Crippen LogP contribution in [0.3, 0.4) is 0 Å². The Balaban J connectivity index is 2.44. The highest BCUT2D eigenvalue weighted by atomic mass is 79.9. The number of hydrogen-bond acceptors (Lipinski definition) is 1. The van der Waals surface area contributed by atoms with Crippen LogP contribution in [-0.2, 0) is 12.1 Å². The summed E-state index contributed by atoms with van der Waals surface area (Å²) >= 11 is 8.59. The summed E-state index contributed by atoms with van der Waals surface area (Å²) in [6, 6.07) is 7.24. The molecule has 0 atom stereocenters. The van der Waals surface area contributed by atoms with Gasteiger partial charge in [-0.05, 0) is 35.9 Å². The summed E-state index contributed by atoms with van der Waals surface area (Å²) < 4.78 is 58.2. The van der Waals surface area contributed by atoms with Crippen molar-refractivity contribution >= 4 is 27.5 Å². The fourth-order valence-corrected chi connectivity index (χ4v) is 2.15. The summed E-state index contributed by atoms with van der Waals surface area (Å²) in [6.45, 7) is 0. The maximum Gasteiger partial charge on any atom is 0.419 e. The molecule has 0 spiro atoms. The van der Waals surface area contributed by atoms with Crippen LogP contribution in [0.25, 0.3) is 0 Å². The van der Waals surface area contributed by atoms with Crippen LogP contribution in [0.1, 0.15) is 11.1 Å². The third kappa shape index (κ3) is 3.89. The summed E-state index contributed by atoms with van der Waals surface area (Å²) in [5.74, 6) is -1.59. The highest BCUT2D eigenvalue weighted by Crippen LogP contribution is 2.39. The maximum absolute atomic E-state index is 13.7. The zero-order chi connectivity index (χ0) is 15.6. The molecule has 0 bridgehead atoms. The second-order valence-electron chi connectivity index (χ2n) is 4.14. The van der Waals surface area contributed by atoms with Crippen molar-refractivity contribution in [1.29, 1.82) is 0 Å². The molecule has 0 aliphatic carbocycles. The summed E-state index contributed by atoms with van der Waals surface area (Å²) in [7, 11) is 0. The fourth-order valence-electron chi connectivity index (χ4n) is 1.65. The van der Waals surface area contributed by atoms with Crippen molar-refractivity contribution < 1.29 is 22.3 Å². The minimum atomic E-state index is -4.62. The third-order valence-corrected chi connectivity index (χ3v) is 3.42. The first-order valence-electron chi connectivity index (χ1n) is 5.70. The fraction of sp³-hybridized carbons (Fsp3) is 0.143. The number of benzene rings is 2. The van der Waals surface area contributed by atoms with Crippen molar-refractivity contribution in [2.75, 3.05) is 0 Å². The van der Waals surface area contributed by atoms with Crippen molar-refractivity contribution in [3.63, 3.8) is 0 Å². The number of rotatable bonds is 3. The van der Waals surface area contributed by atoms with Gasteiger partial charge in [0, 0.05) is 10.4 Å². The Hall–Kier alpha value is -1.27. The second-order valence-corrected chi connectivity index (χ2v) is 5.32. The van der Waals surface area contributed by atoms with Crippen molar-refractivity contribution in [1.82, 2.24) is 0 Å². The Labute approximate surface area is 131 Å². The maximum atomic E-state index is 13.7. The molecule has 0 aromatic heterocycles. The lowest BCUT2D eigenvalue weighted by Gasteiger charge is -2.15. The largest absolute Gasteiger partial charge is 0.454 e. The summed E-state index contributed by atoms with van der Waals surface area (Å²) in [6.07, 6.45) is -4.62. The van der Waals surface area contributed by atoms with Gasteiger partial charge in [0.2, 0.25) is 0 Å². The molecule has 112 valence electrons. The molecule has 0 aliphatic rings. The zero-order valence-corrected chi connectivity index (χ0v) is 12.7. The van der Waals surface area contributed by atoms with Gasteiger partial charge in [0.05, 0.1) is 5.56 Å². The van der Waals surface area contributed by atoms with E-state index in [9.17, 15) is 17.6 Å². The van der Waals surface area contributed by atoms with Crippen molar-refractivity contribution in [3.8, 4) is 11.5 Å².